The van der Waals surface area contributed by atoms with Crippen LogP contribution in [0.5, 0.6) is 0 Å². The number of rotatable bonds is 9. The van der Waals surface area contributed by atoms with Gasteiger partial charge in [0.05, 0.1) is 24.4 Å². The van der Waals surface area contributed by atoms with E-state index in [4.69, 9.17) is 9.47 Å². The summed E-state index contributed by atoms with van der Waals surface area (Å²) in [5, 5.41) is 26.0. The van der Waals surface area contributed by atoms with Crippen LogP contribution in [0.15, 0.2) is 71.9 Å². The molecule has 242 valence electrons. The van der Waals surface area contributed by atoms with Gasteiger partial charge in [-0.05, 0) is 91.7 Å². The molecule has 1 aromatic heterocycles. The number of aliphatic hydroxyl groups excluding tert-OH is 1. The molecule has 1 aliphatic heterocycles. The lowest BCUT2D eigenvalue weighted by Gasteiger charge is -2.56. The van der Waals surface area contributed by atoms with E-state index in [1.165, 1.54) is 31.0 Å². The number of carbonyl (C=O) groups is 2. The fourth-order valence-corrected chi connectivity index (χ4v) is 9.68. The van der Waals surface area contributed by atoms with Crippen LogP contribution in [0.25, 0.3) is 0 Å². The fourth-order valence-electron chi connectivity index (χ4n) is 8.53. The first kappa shape index (κ1) is 31.2. The van der Waals surface area contributed by atoms with Gasteiger partial charge in [-0.3, -0.25) is 0 Å². The van der Waals surface area contributed by atoms with E-state index in [1.807, 2.05) is 48.5 Å². The minimum absolute atomic E-state index is 0.0384. The van der Waals surface area contributed by atoms with Crippen molar-refractivity contribution in [2.75, 3.05) is 11.1 Å². The van der Waals surface area contributed by atoms with Crippen LogP contribution in [0, 0.1) is 23.7 Å². The molecular weight excluding hydrogens is 602 g/mol. The van der Waals surface area contributed by atoms with E-state index >= 15 is 0 Å². The topological polar surface area (TPSA) is 130 Å². The number of aliphatic hydroxyl groups is 1. The molecule has 5 aliphatic rings. The number of hydrogen-bond acceptors (Lipinski definition) is 7. The summed E-state index contributed by atoms with van der Waals surface area (Å²) in [6.45, 7) is 2.03. The number of carbonyl (C=O) groups excluding carboxylic acids is 1. The summed E-state index contributed by atoms with van der Waals surface area (Å²) in [6, 6.07) is 18.3. The molecule has 8 rings (SSSR count). The maximum atomic E-state index is 13.1. The van der Waals surface area contributed by atoms with Crippen molar-refractivity contribution < 1.29 is 29.3 Å². The van der Waals surface area contributed by atoms with E-state index in [0.29, 0.717) is 16.5 Å². The molecule has 4 aliphatic carbocycles. The number of urea groups is 1. The molecule has 3 aromatic rings. The molecule has 5 fully saturated rings. The molecule has 0 radical (unpaired) electrons. The summed E-state index contributed by atoms with van der Waals surface area (Å²) in [5.41, 5.74) is 3.41. The molecule has 4 N–H and O–H groups in total. The second-order valence-electron chi connectivity index (χ2n) is 13.7. The molecule has 46 heavy (non-hydrogen) atoms. The Morgan fingerprint density at radius 3 is 2.22 bits per heavy atom. The Hall–Kier alpha value is -3.44. The number of amides is 2. The van der Waals surface area contributed by atoms with Gasteiger partial charge >= 0.3 is 12.0 Å². The lowest BCUT2D eigenvalue weighted by atomic mass is 9.53. The van der Waals surface area contributed by atoms with Crippen LogP contribution in [0.2, 0.25) is 0 Å². The van der Waals surface area contributed by atoms with Gasteiger partial charge in [0.15, 0.2) is 6.29 Å². The predicted octanol–water partition coefficient (Wildman–Crippen LogP) is 6.95. The predicted molar refractivity (Wildman–Crippen MR) is 174 cm³/mol. The third-order valence-corrected chi connectivity index (χ3v) is 11.5. The molecule has 4 bridgehead atoms. The highest BCUT2D eigenvalue weighted by molar-refractivity contribution is 7.99. The summed E-state index contributed by atoms with van der Waals surface area (Å²) in [6.07, 6.45) is 7.61. The van der Waals surface area contributed by atoms with Crippen LogP contribution < -0.4 is 10.6 Å². The maximum absolute atomic E-state index is 13.1. The van der Waals surface area contributed by atoms with Gasteiger partial charge in [0, 0.05) is 34.7 Å². The van der Waals surface area contributed by atoms with E-state index in [2.05, 4.69) is 22.5 Å². The Labute approximate surface area is 273 Å². The molecule has 1 saturated heterocycles. The zero-order valence-electron chi connectivity index (χ0n) is 25.9. The first-order valence-corrected chi connectivity index (χ1v) is 17.3. The molecular formula is C36H41N3O6S. The Morgan fingerprint density at radius 2 is 1.59 bits per heavy atom. The quantitative estimate of drug-likeness (QED) is 0.185. The summed E-state index contributed by atoms with van der Waals surface area (Å²) in [4.78, 5) is 29.2. The summed E-state index contributed by atoms with van der Waals surface area (Å²) < 4.78 is 13.1. The Kier molecular flexibility index (Phi) is 8.80. The molecule has 2 amide bonds. The number of pyridine rings is 1. The molecule has 0 spiro atoms. The van der Waals surface area contributed by atoms with Gasteiger partial charge in [-0.25, -0.2) is 14.6 Å². The number of carboxylic acid groups (broad SMARTS) is 1. The van der Waals surface area contributed by atoms with Crippen molar-refractivity contribution in [1.82, 2.24) is 10.3 Å². The van der Waals surface area contributed by atoms with Gasteiger partial charge in [0.2, 0.25) is 0 Å². The number of ether oxygens (including phenoxy) is 2. The number of benzene rings is 2. The normalized spacial score (nSPS) is 31.4. The zero-order valence-corrected chi connectivity index (χ0v) is 26.7. The first-order valence-electron chi connectivity index (χ1n) is 16.3. The van der Waals surface area contributed by atoms with E-state index in [9.17, 15) is 19.8 Å². The maximum Gasteiger partial charge on any atom is 0.338 e. The van der Waals surface area contributed by atoms with Crippen molar-refractivity contribution >= 4 is 29.4 Å². The van der Waals surface area contributed by atoms with Crippen molar-refractivity contribution in [3.63, 3.8) is 0 Å². The van der Waals surface area contributed by atoms with Crippen LogP contribution in [-0.2, 0) is 16.1 Å². The number of nitrogens with one attached hydrogen (secondary N) is 2. The van der Waals surface area contributed by atoms with Crippen molar-refractivity contribution in [1.29, 1.82) is 0 Å². The van der Waals surface area contributed by atoms with E-state index < -0.39 is 12.3 Å². The van der Waals surface area contributed by atoms with E-state index in [0.717, 1.165) is 53.7 Å². The highest BCUT2D eigenvalue weighted by Gasteiger charge is 2.51. The van der Waals surface area contributed by atoms with Gasteiger partial charge < -0.3 is 30.3 Å². The molecule has 0 unspecified atom stereocenters. The molecule has 2 aromatic carbocycles. The molecule has 9 nitrogen and oxygen atoms in total. The third-order valence-electron chi connectivity index (χ3n) is 10.4. The largest absolute Gasteiger partial charge is 0.478 e. The number of hydrogen-bond donors (Lipinski definition) is 4. The fraction of sp³-hybridized carbons (Fsp3) is 0.472. The van der Waals surface area contributed by atoms with Gasteiger partial charge in [-0.2, -0.15) is 0 Å². The second-order valence-corrected chi connectivity index (χ2v) is 14.7. The van der Waals surface area contributed by atoms with Crippen LogP contribution >= 0.6 is 11.8 Å². The average Bonchev–Trinajstić information content (AvgIpc) is 3.04. The Bertz CT molecular complexity index is 1530. The number of thioether (sulfide) groups is 1. The van der Waals surface area contributed by atoms with Crippen LogP contribution in [0.1, 0.15) is 84.9 Å². The van der Waals surface area contributed by atoms with Crippen molar-refractivity contribution in [3.05, 3.63) is 89.1 Å². The highest BCUT2D eigenvalue weighted by Crippen LogP contribution is 2.55. The van der Waals surface area contributed by atoms with Crippen molar-refractivity contribution in [2.45, 2.75) is 81.1 Å². The summed E-state index contributed by atoms with van der Waals surface area (Å²) in [7, 11) is 0. The zero-order chi connectivity index (χ0) is 31.8. The minimum Gasteiger partial charge on any atom is -0.478 e. The lowest BCUT2D eigenvalue weighted by Crippen LogP contribution is -2.60. The smallest absolute Gasteiger partial charge is 0.338 e. The number of aromatic nitrogens is 1. The van der Waals surface area contributed by atoms with Gasteiger partial charge in [0.1, 0.15) is 5.03 Å². The third kappa shape index (κ3) is 6.53. The second kappa shape index (κ2) is 13.0. The Morgan fingerprint density at radius 1 is 0.935 bits per heavy atom. The van der Waals surface area contributed by atoms with Crippen molar-refractivity contribution in [3.8, 4) is 0 Å². The molecule has 4 saturated carbocycles. The van der Waals surface area contributed by atoms with Gasteiger partial charge in [0.25, 0.3) is 0 Å². The Balaban J connectivity index is 1.05. The van der Waals surface area contributed by atoms with Crippen LogP contribution in [-0.4, -0.2) is 44.6 Å². The number of aromatic carboxylic acids is 1. The van der Waals surface area contributed by atoms with Crippen molar-refractivity contribution in [2.24, 2.45) is 23.7 Å². The van der Waals surface area contributed by atoms with Crippen LogP contribution in [0.3, 0.4) is 0 Å². The van der Waals surface area contributed by atoms with Gasteiger partial charge in [-0.15, -0.1) is 11.8 Å². The molecule has 2 heterocycles. The lowest BCUT2D eigenvalue weighted by molar-refractivity contribution is -0.268. The highest BCUT2D eigenvalue weighted by atomic mass is 32.2. The van der Waals surface area contributed by atoms with E-state index in [-0.39, 0.29) is 41.9 Å². The van der Waals surface area contributed by atoms with E-state index in [1.54, 1.807) is 18.3 Å². The SMILES string of the molecule is C[C@@H]1[C@H](CSc2ncccc2C(=O)O)O[C@H](c2ccc(NC(=O)NC34CC5CC(CC(C5)C3)C4)cc2)O[C@@H]1c1ccc(CO)cc1. The monoisotopic (exact) mass is 643 g/mol. The minimum atomic E-state index is -1.02. The van der Waals surface area contributed by atoms with Crippen LogP contribution in [0.4, 0.5) is 10.5 Å². The number of carboxylic acids is 1. The molecule has 10 heteroatoms. The number of nitrogens with zero attached hydrogens (tertiary/aromatic N) is 1. The molecule has 4 atom stereocenters. The summed E-state index contributed by atoms with van der Waals surface area (Å²) in [5.74, 6) is 1.67. The number of anilines is 1. The first-order chi connectivity index (χ1) is 22.3. The standard InChI is InChI=1S/C36H41N3O6S/c1-21-30(20-46-32-29(33(41)42)3-2-12-37-32)44-34(45-31(21)26-6-4-22(19-40)5-7-26)27-8-10-28(11-9-27)38-35(43)39-36-16-23-13-24(17-36)15-25(14-23)18-36/h2-12,21,23-25,30-31,34,40H,13-20H2,1H3,(H,41,42)(H2,38,39,43)/t21-,23?,24?,25?,30+,31+,34+,36?/m1/s1. The summed E-state index contributed by atoms with van der Waals surface area (Å²) >= 11 is 1.36. The van der Waals surface area contributed by atoms with Gasteiger partial charge in [-0.1, -0.05) is 43.3 Å². The average molecular weight is 644 g/mol.